The second-order valence-corrected chi connectivity index (χ2v) is 12.8. The minimum atomic E-state index is 1.28. The van der Waals surface area contributed by atoms with Crippen molar-refractivity contribution in [2.24, 2.45) is 0 Å². The molecule has 0 aliphatic carbocycles. The van der Waals surface area contributed by atoms with Gasteiger partial charge in [-0.2, -0.15) is 0 Å². The van der Waals surface area contributed by atoms with Gasteiger partial charge in [-0.05, 0) is 25.2 Å². The molecular formula is C26H56P2. The van der Waals surface area contributed by atoms with Gasteiger partial charge in [0.05, 0.1) is 0 Å². The fraction of sp³-hybridized carbons (Fsp3) is 1.00. The van der Waals surface area contributed by atoms with Crippen LogP contribution in [0.5, 0.6) is 0 Å². The van der Waals surface area contributed by atoms with Gasteiger partial charge in [0.25, 0.3) is 0 Å². The van der Waals surface area contributed by atoms with Gasteiger partial charge >= 0.3 is 0 Å². The van der Waals surface area contributed by atoms with Crippen LogP contribution >= 0.6 is 16.5 Å². The van der Waals surface area contributed by atoms with Crippen LogP contribution in [0.25, 0.3) is 0 Å². The molecule has 0 spiro atoms. The molecule has 0 aromatic rings. The monoisotopic (exact) mass is 430 g/mol. The van der Waals surface area contributed by atoms with E-state index >= 15 is 0 Å². The van der Waals surface area contributed by atoms with Gasteiger partial charge in [0.15, 0.2) is 0 Å². The third kappa shape index (κ3) is 26.9. The molecule has 0 radical (unpaired) electrons. The van der Waals surface area contributed by atoms with Gasteiger partial charge in [0.1, 0.15) is 0 Å². The smallest absolute Gasteiger partial charge is 0.0317 e. The maximum absolute atomic E-state index is 2.31. The normalized spacial score (nSPS) is 12.2. The van der Waals surface area contributed by atoms with Crippen molar-refractivity contribution in [3.05, 3.63) is 0 Å². The van der Waals surface area contributed by atoms with Crippen LogP contribution in [-0.4, -0.2) is 12.3 Å². The topological polar surface area (TPSA) is 0 Å². The first-order valence-corrected chi connectivity index (χ1v) is 16.8. The second-order valence-electron chi connectivity index (χ2n) is 8.92. The van der Waals surface area contributed by atoms with Crippen molar-refractivity contribution in [3.8, 4) is 0 Å². The number of rotatable bonds is 25. The zero-order valence-corrected chi connectivity index (χ0v) is 22.0. The third-order valence-corrected chi connectivity index (χ3v) is 9.64. The fourth-order valence-electron chi connectivity index (χ4n) is 3.93. The van der Waals surface area contributed by atoms with Crippen LogP contribution in [0.3, 0.4) is 0 Å². The van der Waals surface area contributed by atoms with Crippen LogP contribution in [0.4, 0.5) is 0 Å². The van der Waals surface area contributed by atoms with E-state index < -0.39 is 0 Å². The second kappa shape index (κ2) is 27.9. The molecule has 0 amide bonds. The summed E-state index contributed by atoms with van der Waals surface area (Å²) in [6.07, 6.45) is 35.6. The molecule has 0 saturated heterocycles. The zero-order chi connectivity index (χ0) is 20.4. The molecule has 170 valence electrons. The maximum Gasteiger partial charge on any atom is -0.0317 e. The van der Waals surface area contributed by atoms with Crippen molar-refractivity contribution < 1.29 is 0 Å². The number of unbranched alkanes of at least 4 members (excludes halogenated alkanes) is 20. The Balaban J connectivity index is 2.96. The summed E-state index contributed by atoms with van der Waals surface area (Å²) < 4.78 is 0. The Morgan fingerprint density at radius 2 is 0.500 bits per heavy atom. The van der Waals surface area contributed by atoms with E-state index in [1.54, 1.807) is 0 Å². The lowest BCUT2D eigenvalue weighted by Crippen LogP contribution is -1.83. The summed E-state index contributed by atoms with van der Waals surface area (Å²) >= 11 is 0. The van der Waals surface area contributed by atoms with Crippen molar-refractivity contribution >= 4 is 16.5 Å². The van der Waals surface area contributed by atoms with Crippen LogP contribution in [0, 0.1) is 0 Å². The molecular weight excluding hydrogens is 374 g/mol. The van der Waals surface area contributed by atoms with Crippen LogP contribution in [0.1, 0.15) is 155 Å². The van der Waals surface area contributed by atoms with Crippen LogP contribution < -0.4 is 0 Å². The molecule has 0 aliphatic rings. The zero-order valence-electron chi connectivity index (χ0n) is 20.0. The number of hydrogen-bond acceptors (Lipinski definition) is 0. The Hall–Kier alpha value is 0.860. The summed E-state index contributed by atoms with van der Waals surface area (Å²) in [4.78, 5) is 0. The Kier molecular flexibility index (Phi) is 28.7. The molecule has 2 heteroatoms. The summed E-state index contributed by atoms with van der Waals surface area (Å²) in [5.74, 6) is 0. The van der Waals surface area contributed by atoms with Gasteiger partial charge in [-0.1, -0.05) is 159 Å². The van der Waals surface area contributed by atoms with E-state index in [4.69, 9.17) is 0 Å². The molecule has 28 heavy (non-hydrogen) atoms. The van der Waals surface area contributed by atoms with Crippen LogP contribution in [0.2, 0.25) is 0 Å². The van der Waals surface area contributed by atoms with Crippen molar-refractivity contribution in [2.45, 2.75) is 155 Å². The fourth-order valence-corrected chi connectivity index (χ4v) is 7.26. The standard InChI is InChI=1S/C26H56P2/c1-3-5-7-9-11-13-15-17-19-21-23-25-27-28-26-24-22-20-18-16-14-12-10-8-6-4-2/h27-28H,3-26H2,1-2H3. The molecule has 0 aromatic carbocycles. The molecule has 0 rings (SSSR count). The van der Waals surface area contributed by atoms with Gasteiger partial charge in [-0.15, -0.1) is 0 Å². The molecule has 0 saturated carbocycles. The summed E-state index contributed by atoms with van der Waals surface area (Å²) in [5.41, 5.74) is 0. The highest BCUT2D eigenvalue weighted by atomic mass is 32.0. The van der Waals surface area contributed by atoms with E-state index in [1.165, 1.54) is 170 Å². The lowest BCUT2D eigenvalue weighted by atomic mass is 10.1. The van der Waals surface area contributed by atoms with Crippen molar-refractivity contribution in [1.82, 2.24) is 0 Å². The molecule has 0 N–H and O–H groups in total. The van der Waals surface area contributed by atoms with Crippen molar-refractivity contribution in [3.63, 3.8) is 0 Å². The van der Waals surface area contributed by atoms with Crippen molar-refractivity contribution in [2.75, 3.05) is 12.3 Å². The highest BCUT2D eigenvalue weighted by Crippen LogP contribution is 2.38. The predicted octanol–water partition coefficient (Wildman–Crippen LogP) is 10.9. The highest BCUT2D eigenvalue weighted by Gasteiger charge is 1.95. The quantitative estimate of drug-likeness (QED) is 0.0997. The minimum Gasteiger partial charge on any atom is -0.0992 e. The largest absolute Gasteiger partial charge is 0.0992 e. The Labute approximate surface area is 184 Å². The van der Waals surface area contributed by atoms with Crippen LogP contribution in [-0.2, 0) is 0 Å². The maximum atomic E-state index is 2.31. The molecule has 0 heterocycles. The molecule has 0 bridgehead atoms. The van der Waals surface area contributed by atoms with E-state index in [9.17, 15) is 0 Å². The van der Waals surface area contributed by atoms with E-state index in [1.807, 2.05) is 0 Å². The number of hydrogen-bond donors (Lipinski definition) is 0. The van der Waals surface area contributed by atoms with Gasteiger partial charge in [0.2, 0.25) is 0 Å². The molecule has 2 atom stereocenters. The Bertz CT molecular complexity index is 229. The molecule has 0 nitrogen and oxygen atoms in total. The first kappa shape index (κ1) is 28.9. The summed E-state index contributed by atoms with van der Waals surface area (Å²) in [7, 11) is 2.57. The molecule has 0 aliphatic heterocycles. The lowest BCUT2D eigenvalue weighted by Gasteiger charge is -2.04. The Morgan fingerprint density at radius 1 is 0.286 bits per heavy atom. The van der Waals surface area contributed by atoms with Gasteiger partial charge in [-0.3, -0.25) is 0 Å². The third-order valence-electron chi connectivity index (χ3n) is 5.94. The van der Waals surface area contributed by atoms with Gasteiger partial charge in [-0.25, -0.2) is 0 Å². The Morgan fingerprint density at radius 3 is 0.750 bits per heavy atom. The molecule has 0 aromatic heterocycles. The highest BCUT2D eigenvalue weighted by molar-refractivity contribution is 8.11. The summed E-state index contributed by atoms with van der Waals surface area (Å²) in [6, 6.07) is 0. The van der Waals surface area contributed by atoms with E-state index in [0.717, 1.165) is 0 Å². The minimum absolute atomic E-state index is 1.28. The summed E-state index contributed by atoms with van der Waals surface area (Å²) in [6.45, 7) is 4.61. The first-order chi connectivity index (χ1) is 13.9. The SMILES string of the molecule is CCCCCCCCCCCCCPPCCCCCCCCCCCCC. The average molecular weight is 431 g/mol. The van der Waals surface area contributed by atoms with Crippen molar-refractivity contribution in [1.29, 1.82) is 0 Å². The van der Waals surface area contributed by atoms with Crippen LogP contribution in [0.15, 0.2) is 0 Å². The van der Waals surface area contributed by atoms with Gasteiger partial charge in [0, 0.05) is 0 Å². The van der Waals surface area contributed by atoms with Gasteiger partial charge < -0.3 is 0 Å². The van der Waals surface area contributed by atoms with E-state index in [-0.39, 0.29) is 0 Å². The van der Waals surface area contributed by atoms with E-state index in [0.29, 0.717) is 0 Å². The summed E-state index contributed by atoms with van der Waals surface area (Å²) in [5, 5.41) is 0. The molecule has 0 fully saturated rings. The lowest BCUT2D eigenvalue weighted by molar-refractivity contribution is 0.555. The van der Waals surface area contributed by atoms with E-state index in [2.05, 4.69) is 13.8 Å². The average Bonchev–Trinajstić information content (AvgIpc) is 2.71. The molecule has 2 unspecified atom stereocenters. The predicted molar refractivity (Wildman–Crippen MR) is 139 cm³/mol. The first-order valence-electron chi connectivity index (χ1n) is 13.4.